The zero-order valence-corrected chi connectivity index (χ0v) is 22.5. The Hall–Kier alpha value is -3.50. The second-order valence-electron chi connectivity index (χ2n) is 11.7. The van der Waals surface area contributed by atoms with Gasteiger partial charge >= 0.3 is 0 Å². The minimum atomic E-state index is -0.541. The number of nitrogens with one attached hydrogen (secondary N) is 2. The van der Waals surface area contributed by atoms with E-state index in [9.17, 15) is 18.8 Å². The number of aromatic nitrogens is 3. The number of hydrogen-bond donors (Lipinski definition) is 2. The molecule has 2 N–H and O–H groups in total. The number of methoxy groups -OCH3 is 1. The molecule has 2 saturated carbocycles. The Labute approximate surface area is 226 Å². The van der Waals surface area contributed by atoms with Gasteiger partial charge in [-0.05, 0) is 63.9 Å². The molecule has 4 fully saturated rings. The van der Waals surface area contributed by atoms with Gasteiger partial charge in [0, 0.05) is 54.7 Å². The molecule has 2 spiro atoms. The lowest BCUT2D eigenvalue weighted by atomic mass is 9.77. The van der Waals surface area contributed by atoms with Gasteiger partial charge in [0.05, 0.1) is 19.0 Å². The Bertz CT molecular complexity index is 1300. The number of carbonyl (C=O) groups excluding carboxylic acids is 3. The fourth-order valence-corrected chi connectivity index (χ4v) is 6.94. The van der Waals surface area contributed by atoms with E-state index in [2.05, 4.69) is 20.5 Å². The summed E-state index contributed by atoms with van der Waals surface area (Å²) in [6.07, 6.45) is 9.22. The summed E-state index contributed by atoms with van der Waals surface area (Å²) in [6.45, 7) is 0.483. The second kappa shape index (κ2) is 9.60. The van der Waals surface area contributed by atoms with E-state index in [1.165, 1.54) is 13.2 Å². The largest absolute Gasteiger partial charge is 0.481 e. The number of H-pyrrole nitrogens is 1. The van der Waals surface area contributed by atoms with Gasteiger partial charge in [0.15, 0.2) is 11.5 Å². The molecule has 4 aliphatic rings. The van der Waals surface area contributed by atoms with E-state index in [1.807, 2.05) is 16.8 Å². The molecule has 2 saturated heterocycles. The van der Waals surface area contributed by atoms with Crippen molar-refractivity contribution in [3.05, 3.63) is 29.8 Å². The quantitative estimate of drug-likeness (QED) is 0.604. The Kier molecular flexibility index (Phi) is 6.34. The molecule has 10 nitrogen and oxygen atoms in total. The molecule has 0 radical (unpaired) electrons. The molecule has 1 atom stereocenters. The van der Waals surface area contributed by atoms with E-state index in [4.69, 9.17) is 4.74 Å². The predicted molar refractivity (Wildman–Crippen MR) is 139 cm³/mol. The Morgan fingerprint density at radius 1 is 1.13 bits per heavy atom. The van der Waals surface area contributed by atoms with Crippen LogP contribution in [0.2, 0.25) is 0 Å². The lowest BCUT2D eigenvalue weighted by molar-refractivity contribution is -0.131. The van der Waals surface area contributed by atoms with E-state index in [0.29, 0.717) is 31.5 Å². The second-order valence-corrected chi connectivity index (χ2v) is 11.7. The summed E-state index contributed by atoms with van der Waals surface area (Å²) in [5.74, 6) is -0.307. The summed E-state index contributed by atoms with van der Waals surface area (Å²) in [5.41, 5.74) is 0.484. The van der Waals surface area contributed by atoms with Crippen LogP contribution in [0.3, 0.4) is 0 Å². The van der Waals surface area contributed by atoms with Crippen molar-refractivity contribution in [1.82, 2.24) is 30.3 Å². The molecule has 2 aliphatic carbocycles. The lowest BCUT2D eigenvalue weighted by Gasteiger charge is -2.43. The molecular formula is C28H35FN6O4. The van der Waals surface area contributed by atoms with Gasteiger partial charge in [0.25, 0.3) is 5.91 Å². The Morgan fingerprint density at radius 3 is 2.56 bits per heavy atom. The van der Waals surface area contributed by atoms with Crippen molar-refractivity contribution in [1.29, 1.82) is 0 Å². The number of rotatable bonds is 5. The smallest absolute Gasteiger partial charge is 0.274 e. The number of carbonyl (C=O) groups is 3. The van der Waals surface area contributed by atoms with Gasteiger partial charge in [-0.15, -0.1) is 0 Å². The predicted octanol–water partition coefficient (Wildman–Crippen LogP) is 3.05. The number of amides is 3. The molecule has 0 bridgehead atoms. The standard InChI is InChI=1S/C28H35FN6O4/c1-34-24(36)5-9-27(34)7-3-18(4-8-27)31-25(37)17-6-12-35(28(15-17)10-11-28)26(38)22-14-21(32-33-22)19-13-23(39-2)30-16-20(19)29/h13-14,16-18H,3-12,15H2,1-2H3,(H,31,37)(H,32,33)/t17-,18-,27+/m1/s1. The van der Waals surface area contributed by atoms with Crippen LogP contribution in [0.25, 0.3) is 11.3 Å². The van der Waals surface area contributed by atoms with E-state index < -0.39 is 5.82 Å². The van der Waals surface area contributed by atoms with Crippen LogP contribution in [-0.4, -0.2) is 80.5 Å². The van der Waals surface area contributed by atoms with Crippen LogP contribution in [0.5, 0.6) is 5.88 Å². The topological polar surface area (TPSA) is 121 Å². The molecule has 208 valence electrons. The van der Waals surface area contributed by atoms with Crippen LogP contribution < -0.4 is 10.1 Å². The number of hydrogen-bond acceptors (Lipinski definition) is 6. The third kappa shape index (κ3) is 4.55. The minimum Gasteiger partial charge on any atom is -0.481 e. The minimum absolute atomic E-state index is 0.0244. The Balaban J connectivity index is 1.07. The van der Waals surface area contributed by atoms with Crippen LogP contribution >= 0.6 is 0 Å². The first-order chi connectivity index (χ1) is 18.7. The molecule has 4 heterocycles. The van der Waals surface area contributed by atoms with Crippen LogP contribution in [0.4, 0.5) is 4.39 Å². The molecule has 11 heteroatoms. The van der Waals surface area contributed by atoms with Crippen molar-refractivity contribution >= 4 is 17.7 Å². The van der Waals surface area contributed by atoms with E-state index in [-0.39, 0.29) is 57.9 Å². The van der Waals surface area contributed by atoms with Gasteiger partial charge < -0.3 is 19.9 Å². The number of aromatic amines is 1. The summed E-state index contributed by atoms with van der Waals surface area (Å²) in [7, 11) is 3.37. The number of ether oxygens (including phenoxy) is 1. The molecule has 2 aromatic heterocycles. The molecule has 0 aromatic carbocycles. The van der Waals surface area contributed by atoms with Crippen molar-refractivity contribution in [3.63, 3.8) is 0 Å². The summed E-state index contributed by atoms with van der Waals surface area (Å²) in [6, 6.07) is 3.15. The average molecular weight is 539 g/mol. The fourth-order valence-electron chi connectivity index (χ4n) is 6.94. The maximum atomic E-state index is 14.4. The van der Waals surface area contributed by atoms with Gasteiger partial charge in [-0.1, -0.05) is 0 Å². The lowest BCUT2D eigenvalue weighted by Crippen LogP contribution is -2.53. The first-order valence-electron chi connectivity index (χ1n) is 13.9. The molecule has 2 aromatic rings. The van der Waals surface area contributed by atoms with Crippen molar-refractivity contribution in [3.8, 4) is 17.1 Å². The number of pyridine rings is 1. The van der Waals surface area contributed by atoms with E-state index in [0.717, 1.165) is 51.1 Å². The van der Waals surface area contributed by atoms with Crippen LogP contribution in [-0.2, 0) is 9.59 Å². The number of halogens is 1. The van der Waals surface area contributed by atoms with Gasteiger partial charge in [-0.3, -0.25) is 19.5 Å². The van der Waals surface area contributed by atoms with Crippen LogP contribution in [0.1, 0.15) is 74.7 Å². The summed E-state index contributed by atoms with van der Waals surface area (Å²) in [5, 5.41) is 10.2. The van der Waals surface area contributed by atoms with Crippen LogP contribution in [0, 0.1) is 11.7 Å². The summed E-state index contributed by atoms with van der Waals surface area (Å²) < 4.78 is 19.5. The third-order valence-electron chi connectivity index (χ3n) is 9.62. The summed E-state index contributed by atoms with van der Waals surface area (Å²) >= 11 is 0. The highest BCUT2D eigenvalue weighted by atomic mass is 19.1. The highest BCUT2D eigenvalue weighted by molar-refractivity contribution is 5.94. The molecule has 0 unspecified atom stereocenters. The van der Waals surface area contributed by atoms with Crippen molar-refractivity contribution in [2.75, 3.05) is 20.7 Å². The van der Waals surface area contributed by atoms with Crippen molar-refractivity contribution < 1.29 is 23.5 Å². The van der Waals surface area contributed by atoms with E-state index in [1.54, 1.807) is 6.07 Å². The summed E-state index contributed by atoms with van der Waals surface area (Å²) in [4.78, 5) is 46.4. The molecule has 2 aliphatic heterocycles. The highest BCUT2D eigenvalue weighted by Gasteiger charge is 2.55. The number of piperidine rings is 1. The first-order valence-corrected chi connectivity index (χ1v) is 13.9. The zero-order chi connectivity index (χ0) is 27.4. The van der Waals surface area contributed by atoms with Gasteiger partial charge in [0.2, 0.25) is 17.7 Å². The highest BCUT2D eigenvalue weighted by Crippen LogP contribution is 2.50. The number of likely N-dealkylation sites (tertiary alicyclic amines) is 2. The van der Waals surface area contributed by atoms with Gasteiger partial charge in [-0.2, -0.15) is 5.10 Å². The first kappa shape index (κ1) is 25.8. The maximum absolute atomic E-state index is 14.4. The van der Waals surface area contributed by atoms with Gasteiger partial charge in [0.1, 0.15) is 0 Å². The van der Waals surface area contributed by atoms with E-state index >= 15 is 0 Å². The molecule has 39 heavy (non-hydrogen) atoms. The molecular weight excluding hydrogens is 503 g/mol. The van der Waals surface area contributed by atoms with Crippen molar-refractivity contribution in [2.24, 2.45) is 5.92 Å². The number of nitrogens with zero attached hydrogens (tertiary/aromatic N) is 4. The zero-order valence-electron chi connectivity index (χ0n) is 22.5. The molecule has 6 rings (SSSR count). The monoisotopic (exact) mass is 538 g/mol. The SMILES string of the molecule is COc1cc(-c2cc(C(=O)N3CC[C@@H](C(=O)N[C@H]4CC[C@]5(CCC(=O)N5C)CC4)CC34CC4)n[nH]2)c(F)cn1. The normalized spacial score (nSPS) is 27.7. The molecule has 3 amide bonds. The average Bonchev–Trinajstić information content (AvgIpc) is 3.42. The van der Waals surface area contributed by atoms with Crippen molar-refractivity contribution in [2.45, 2.75) is 81.3 Å². The Morgan fingerprint density at radius 2 is 1.90 bits per heavy atom. The fraction of sp³-hybridized carbons (Fsp3) is 0.607. The third-order valence-corrected chi connectivity index (χ3v) is 9.62. The van der Waals surface area contributed by atoms with Gasteiger partial charge in [-0.25, -0.2) is 9.37 Å². The van der Waals surface area contributed by atoms with Crippen LogP contribution in [0.15, 0.2) is 18.3 Å². The maximum Gasteiger partial charge on any atom is 0.274 e.